The Kier molecular flexibility index (Phi) is 8.02. The van der Waals surface area contributed by atoms with Crippen LogP contribution < -0.4 is 10.6 Å². The van der Waals surface area contributed by atoms with Gasteiger partial charge < -0.3 is 10.6 Å². The number of hydrogen-bond acceptors (Lipinski definition) is 4. The molecule has 2 N–H and O–H groups in total. The summed E-state index contributed by atoms with van der Waals surface area (Å²) in [5.41, 5.74) is -0.477. The standard InChI is InChI=1S/C22H18BrCl3FN5O2/c1-22(2,3)30-20(33)13-7-11(24)8-15(26)18(13)29-21(34)16(27)9-12-10-17(23)31-32(12)19-14(25)5-4-6-28-19/h4-10H,1-3H3,(H,29,34)(H,30,33). The van der Waals surface area contributed by atoms with Crippen molar-refractivity contribution >= 4 is 74.3 Å². The topological polar surface area (TPSA) is 88.9 Å². The van der Waals surface area contributed by atoms with Crippen molar-refractivity contribution in [3.05, 3.63) is 73.3 Å². The van der Waals surface area contributed by atoms with E-state index in [0.29, 0.717) is 4.60 Å². The zero-order chi connectivity index (χ0) is 25.2. The molecule has 12 heteroatoms. The number of carbonyl (C=O) groups excluding carboxylic acids is 2. The summed E-state index contributed by atoms with van der Waals surface area (Å²) in [4.78, 5) is 29.6. The summed E-state index contributed by atoms with van der Waals surface area (Å²) in [6.07, 6.45) is 2.46. The van der Waals surface area contributed by atoms with Gasteiger partial charge in [-0.05, 0) is 67.0 Å². The minimum atomic E-state index is -1.17. The first-order valence-corrected chi connectivity index (χ1v) is 11.6. The van der Waals surface area contributed by atoms with E-state index in [9.17, 15) is 14.0 Å². The molecule has 0 saturated heterocycles. The predicted molar refractivity (Wildman–Crippen MR) is 135 cm³/mol. The number of halogens is 5. The third kappa shape index (κ3) is 6.35. The molecular formula is C22H18BrCl3FN5O2. The Morgan fingerprint density at radius 1 is 1.15 bits per heavy atom. The number of nitrogens with zero attached hydrogens (tertiary/aromatic N) is 3. The lowest BCUT2D eigenvalue weighted by Gasteiger charge is -2.22. The maximum absolute atomic E-state index is 15.0. The molecule has 0 bridgehead atoms. The number of anilines is 1. The fourth-order valence-corrected chi connectivity index (χ4v) is 3.96. The zero-order valence-corrected chi connectivity index (χ0v) is 21.9. The number of benzene rings is 1. The first-order valence-electron chi connectivity index (χ1n) is 9.72. The number of amides is 2. The molecule has 0 fully saturated rings. The van der Waals surface area contributed by atoms with Gasteiger partial charge in [-0.15, -0.1) is 0 Å². The van der Waals surface area contributed by atoms with Gasteiger partial charge in [0.15, 0.2) is 11.6 Å². The van der Waals surface area contributed by atoms with Gasteiger partial charge in [-0.3, -0.25) is 9.59 Å². The number of rotatable bonds is 5. The van der Waals surface area contributed by atoms with Crippen molar-refractivity contribution < 1.29 is 14.0 Å². The van der Waals surface area contributed by atoms with Crippen molar-refractivity contribution in [3.8, 4) is 5.82 Å². The summed E-state index contributed by atoms with van der Waals surface area (Å²) >= 11 is 21.7. The molecule has 0 unspecified atom stereocenters. The molecule has 178 valence electrons. The molecule has 0 saturated carbocycles. The van der Waals surface area contributed by atoms with E-state index in [1.807, 2.05) is 0 Å². The van der Waals surface area contributed by atoms with E-state index in [2.05, 4.69) is 36.6 Å². The minimum Gasteiger partial charge on any atom is -0.347 e. The molecule has 3 rings (SSSR count). The SMILES string of the molecule is CC(C)(C)NC(=O)c1cc(Cl)cc(Cl)c1NC(=O)C(F)=Cc1cc(Br)nn1-c1ncccc1Cl. The molecule has 34 heavy (non-hydrogen) atoms. The Hall–Kier alpha value is -2.46. The normalized spacial score (nSPS) is 11.9. The van der Waals surface area contributed by atoms with Crippen LogP contribution in [0, 0.1) is 0 Å². The third-order valence-electron chi connectivity index (χ3n) is 4.16. The number of aromatic nitrogens is 3. The highest BCUT2D eigenvalue weighted by atomic mass is 79.9. The largest absolute Gasteiger partial charge is 0.347 e. The molecule has 2 heterocycles. The molecule has 0 aliphatic carbocycles. The van der Waals surface area contributed by atoms with E-state index < -0.39 is 23.2 Å². The lowest BCUT2D eigenvalue weighted by atomic mass is 10.1. The molecule has 2 aromatic heterocycles. The van der Waals surface area contributed by atoms with Crippen LogP contribution in [-0.2, 0) is 4.79 Å². The number of hydrogen-bond donors (Lipinski definition) is 2. The summed E-state index contributed by atoms with van der Waals surface area (Å²) in [6, 6.07) is 7.39. The number of pyridine rings is 1. The Balaban J connectivity index is 1.95. The van der Waals surface area contributed by atoms with Gasteiger partial charge in [0.05, 0.1) is 27.0 Å². The van der Waals surface area contributed by atoms with E-state index in [1.165, 1.54) is 29.1 Å². The van der Waals surface area contributed by atoms with Crippen LogP contribution in [0.5, 0.6) is 0 Å². The smallest absolute Gasteiger partial charge is 0.284 e. The average Bonchev–Trinajstić information content (AvgIpc) is 3.08. The quantitative estimate of drug-likeness (QED) is 0.334. The van der Waals surface area contributed by atoms with Crippen LogP contribution in [0.15, 0.2) is 47.0 Å². The van der Waals surface area contributed by atoms with E-state index in [0.717, 1.165) is 6.08 Å². The highest BCUT2D eigenvalue weighted by Crippen LogP contribution is 2.31. The summed E-state index contributed by atoms with van der Waals surface area (Å²) in [7, 11) is 0. The summed E-state index contributed by atoms with van der Waals surface area (Å²) in [6.45, 7) is 5.35. The van der Waals surface area contributed by atoms with Crippen LogP contribution in [-0.4, -0.2) is 32.1 Å². The van der Waals surface area contributed by atoms with E-state index in [4.69, 9.17) is 34.8 Å². The number of carbonyl (C=O) groups is 2. The number of nitrogens with one attached hydrogen (secondary N) is 2. The van der Waals surface area contributed by atoms with E-state index in [1.54, 1.807) is 32.9 Å². The Bertz CT molecular complexity index is 1300. The first-order chi connectivity index (χ1) is 15.9. The Labute approximate surface area is 218 Å². The maximum atomic E-state index is 15.0. The van der Waals surface area contributed by atoms with Gasteiger partial charge in [0, 0.05) is 22.8 Å². The van der Waals surface area contributed by atoms with Gasteiger partial charge in [0.25, 0.3) is 11.8 Å². The van der Waals surface area contributed by atoms with Gasteiger partial charge in [0.1, 0.15) is 4.60 Å². The minimum absolute atomic E-state index is 0.0124. The molecule has 2 amide bonds. The molecule has 0 spiro atoms. The van der Waals surface area contributed by atoms with E-state index >= 15 is 0 Å². The lowest BCUT2D eigenvalue weighted by molar-refractivity contribution is -0.114. The monoisotopic (exact) mass is 587 g/mol. The zero-order valence-electron chi connectivity index (χ0n) is 18.1. The predicted octanol–water partition coefficient (Wildman–Crippen LogP) is 6.47. The third-order valence-corrected chi connectivity index (χ3v) is 5.36. The van der Waals surface area contributed by atoms with Gasteiger partial charge in [-0.2, -0.15) is 5.10 Å². The molecular weight excluding hydrogens is 572 g/mol. The fraction of sp³-hybridized carbons (Fsp3) is 0.182. The summed E-state index contributed by atoms with van der Waals surface area (Å²) in [5.74, 6) is -2.60. The van der Waals surface area contributed by atoms with E-state index in [-0.39, 0.29) is 37.8 Å². The van der Waals surface area contributed by atoms with Crippen molar-refractivity contribution in [2.75, 3.05) is 5.32 Å². The highest BCUT2D eigenvalue weighted by Gasteiger charge is 2.23. The summed E-state index contributed by atoms with van der Waals surface area (Å²) < 4.78 is 16.6. The van der Waals surface area contributed by atoms with Crippen LogP contribution in [0.25, 0.3) is 11.9 Å². The molecule has 3 aromatic rings. The van der Waals surface area contributed by atoms with Crippen molar-refractivity contribution in [1.29, 1.82) is 0 Å². The molecule has 0 atom stereocenters. The van der Waals surface area contributed by atoms with Crippen molar-refractivity contribution in [2.45, 2.75) is 26.3 Å². The van der Waals surface area contributed by atoms with Crippen LogP contribution in [0.3, 0.4) is 0 Å². The van der Waals surface area contributed by atoms with Crippen LogP contribution in [0.2, 0.25) is 15.1 Å². The van der Waals surface area contributed by atoms with Gasteiger partial charge >= 0.3 is 0 Å². The van der Waals surface area contributed by atoms with Crippen molar-refractivity contribution in [1.82, 2.24) is 20.1 Å². The Morgan fingerprint density at radius 2 is 1.85 bits per heavy atom. The second-order valence-corrected chi connectivity index (χ2v) is 10.1. The van der Waals surface area contributed by atoms with Crippen LogP contribution in [0.4, 0.5) is 10.1 Å². The van der Waals surface area contributed by atoms with Crippen molar-refractivity contribution in [3.63, 3.8) is 0 Å². The van der Waals surface area contributed by atoms with Crippen LogP contribution in [0.1, 0.15) is 36.8 Å². The highest BCUT2D eigenvalue weighted by molar-refractivity contribution is 9.10. The van der Waals surface area contributed by atoms with Gasteiger partial charge in [0.2, 0.25) is 0 Å². The fourth-order valence-electron chi connectivity index (χ4n) is 2.83. The van der Waals surface area contributed by atoms with Crippen LogP contribution >= 0.6 is 50.7 Å². The van der Waals surface area contributed by atoms with Gasteiger partial charge in [-0.1, -0.05) is 34.8 Å². The molecule has 1 aromatic carbocycles. The molecule has 0 radical (unpaired) electrons. The molecule has 0 aliphatic heterocycles. The molecule has 7 nitrogen and oxygen atoms in total. The van der Waals surface area contributed by atoms with Crippen molar-refractivity contribution in [2.24, 2.45) is 0 Å². The first kappa shape index (κ1) is 26.2. The molecule has 0 aliphatic rings. The second kappa shape index (κ2) is 10.4. The maximum Gasteiger partial charge on any atom is 0.284 e. The lowest BCUT2D eigenvalue weighted by Crippen LogP contribution is -2.41. The summed E-state index contributed by atoms with van der Waals surface area (Å²) in [5, 5.41) is 9.73. The Morgan fingerprint density at radius 3 is 2.50 bits per heavy atom. The average molecular weight is 590 g/mol. The second-order valence-electron chi connectivity index (χ2n) is 8.07. The van der Waals surface area contributed by atoms with Gasteiger partial charge in [-0.25, -0.2) is 14.1 Å².